The van der Waals surface area contributed by atoms with Crippen LogP contribution in [-0.4, -0.2) is 57.0 Å². The van der Waals surface area contributed by atoms with E-state index in [1.165, 1.54) is 6.26 Å². The zero-order valence-corrected chi connectivity index (χ0v) is 14.8. The van der Waals surface area contributed by atoms with Crippen LogP contribution in [0.15, 0.2) is 0 Å². The molecule has 3 unspecified atom stereocenters. The molecule has 3 atom stereocenters. The lowest BCUT2D eigenvalue weighted by Gasteiger charge is -2.47. The second-order valence-corrected chi connectivity index (χ2v) is 9.66. The van der Waals surface area contributed by atoms with Crippen molar-refractivity contribution in [1.82, 2.24) is 10.2 Å². The summed E-state index contributed by atoms with van der Waals surface area (Å²) < 4.78 is 22.9. The second-order valence-electron chi connectivity index (χ2n) is 7.40. The van der Waals surface area contributed by atoms with Gasteiger partial charge in [0.1, 0.15) is 9.84 Å². The zero-order chi connectivity index (χ0) is 15.6. The maximum atomic E-state index is 11.5. The molecule has 0 saturated carbocycles. The minimum absolute atomic E-state index is 0.198. The van der Waals surface area contributed by atoms with Crippen LogP contribution in [0.5, 0.6) is 0 Å². The first-order chi connectivity index (χ1) is 9.04. The lowest BCUT2D eigenvalue weighted by molar-refractivity contribution is 0.0633. The van der Waals surface area contributed by atoms with Gasteiger partial charge in [0, 0.05) is 38.0 Å². The van der Waals surface area contributed by atoms with Gasteiger partial charge in [-0.25, -0.2) is 8.42 Å². The molecule has 1 saturated heterocycles. The van der Waals surface area contributed by atoms with Crippen molar-refractivity contribution in [1.29, 1.82) is 0 Å². The van der Waals surface area contributed by atoms with Crippen molar-refractivity contribution in [3.8, 4) is 0 Å². The molecular weight excluding hydrogens is 272 g/mol. The van der Waals surface area contributed by atoms with E-state index in [1.54, 1.807) is 0 Å². The summed E-state index contributed by atoms with van der Waals surface area (Å²) in [6, 6.07) is 0.864. The average molecular weight is 304 g/mol. The molecule has 0 aromatic carbocycles. The SMILES string of the molecule is CCC(C)C1CNC(C(C)(C)C)CN1CCS(C)(=O)=O. The summed E-state index contributed by atoms with van der Waals surface area (Å²) in [5.41, 5.74) is 0.198. The molecule has 1 N–H and O–H groups in total. The third kappa shape index (κ3) is 5.34. The Hall–Kier alpha value is -0.130. The Bertz CT molecular complexity index is 401. The van der Waals surface area contributed by atoms with E-state index in [1.807, 2.05) is 0 Å². The molecule has 1 rings (SSSR count). The van der Waals surface area contributed by atoms with Gasteiger partial charge in [0.25, 0.3) is 0 Å². The van der Waals surface area contributed by atoms with Crippen LogP contribution < -0.4 is 5.32 Å². The molecular formula is C15H32N2O2S. The van der Waals surface area contributed by atoms with E-state index in [0.29, 0.717) is 24.5 Å². The van der Waals surface area contributed by atoms with E-state index >= 15 is 0 Å². The average Bonchev–Trinajstić information content (AvgIpc) is 2.33. The molecule has 0 amide bonds. The Morgan fingerprint density at radius 2 is 1.95 bits per heavy atom. The molecule has 4 nitrogen and oxygen atoms in total. The first-order valence-electron chi connectivity index (χ1n) is 7.69. The van der Waals surface area contributed by atoms with Crippen LogP contribution in [0.3, 0.4) is 0 Å². The van der Waals surface area contributed by atoms with Crippen LogP contribution >= 0.6 is 0 Å². The molecule has 120 valence electrons. The standard InChI is InChI=1S/C15H32N2O2S/c1-7-12(2)13-10-16-14(15(3,4)5)11-17(13)8-9-20(6,18)19/h12-14,16H,7-11H2,1-6H3. The molecule has 0 bridgehead atoms. The van der Waals surface area contributed by atoms with E-state index in [9.17, 15) is 8.42 Å². The summed E-state index contributed by atoms with van der Waals surface area (Å²) in [5.74, 6) is 0.847. The molecule has 0 radical (unpaired) electrons. The molecule has 1 aliphatic rings. The maximum absolute atomic E-state index is 11.5. The lowest BCUT2D eigenvalue weighted by Crippen LogP contribution is -2.62. The summed E-state index contributed by atoms with van der Waals surface area (Å²) >= 11 is 0. The highest BCUT2D eigenvalue weighted by atomic mass is 32.2. The van der Waals surface area contributed by atoms with E-state index in [4.69, 9.17) is 0 Å². The zero-order valence-electron chi connectivity index (χ0n) is 13.9. The largest absolute Gasteiger partial charge is 0.311 e. The van der Waals surface area contributed by atoms with Gasteiger partial charge in [0.15, 0.2) is 0 Å². The van der Waals surface area contributed by atoms with Gasteiger partial charge < -0.3 is 5.32 Å². The van der Waals surface area contributed by atoms with Gasteiger partial charge in [-0.15, -0.1) is 0 Å². The Morgan fingerprint density at radius 1 is 1.35 bits per heavy atom. The predicted molar refractivity (Wildman–Crippen MR) is 85.8 cm³/mol. The van der Waals surface area contributed by atoms with Gasteiger partial charge in [-0.2, -0.15) is 0 Å². The van der Waals surface area contributed by atoms with Gasteiger partial charge in [-0.1, -0.05) is 41.0 Å². The fraction of sp³-hybridized carbons (Fsp3) is 1.00. The van der Waals surface area contributed by atoms with E-state index in [-0.39, 0.29) is 11.2 Å². The normalized spacial score (nSPS) is 27.5. The molecule has 1 aliphatic heterocycles. The van der Waals surface area contributed by atoms with Crippen molar-refractivity contribution in [3.63, 3.8) is 0 Å². The minimum Gasteiger partial charge on any atom is -0.311 e. The van der Waals surface area contributed by atoms with Crippen molar-refractivity contribution in [3.05, 3.63) is 0 Å². The van der Waals surface area contributed by atoms with Gasteiger partial charge in [0.05, 0.1) is 5.75 Å². The number of piperazine rings is 1. The third-order valence-electron chi connectivity index (χ3n) is 4.55. The van der Waals surface area contributed by atoms with Crippen molar-refractivity contribution < 1.29 is 8.42 Å². The molecule has 5 heteroatoms. The fourth-order valence-electron chi connectivity index (χ4n) is 2.78. The van der Waals surface area contributed by atoms with Gasteiger partial charge in [-0.3, -0.25) is 4.90 Å². The summed E-state index contributed by atoms with van der Waals surface area (Å²) in [6.45, 7) is 13.7. The Kier molecular flexibility index (Phi) is 6.05. The van der Waals surface area contributed by atoms with Crippen LogP contribution in [0.25, 0.3) is 0 Å². The van der Waals surface area contributed by atoms with E-state index < -0.39 is 9.84 Å². The number of sulfone groups is 1. The van der Waals surface area contributed by atoms with Gasteiger partial charge >= 0.3 is 0 Å². The van der Waals surface area contributed by atoms with Crippen LogP contribution in [0.2, 0.25) is 0 Å². The fourth-order valence-corrected chi connectivity index (χ4v) is 3.35. The summed E-state index contributed by atoms with van der Waals surface area (Å²) in [7, 11) is -2.89. The number of nitrogens with one attached hydrogen (secondary N) is 1. The van der Waals surface area contributed by atoms with Gasteiger partial charge in [-0.05, 0) is 11.3 Å². The molecule has 0 aromatic rings. The Balaban J connectivity index is 2.78. The number of rotatable bonds is 5. The molecule has 0 spiro atoms. The number of hydrogen-bond acceptors (Lipinski definition) is 4. The van der Waals surface area contributed by atoms with Crippen LogP contribution in [0.1, 0.15) is 41.0 Å². The van der Waals surface area contributed by atoms with E-state index in [2.05, 4.69) is 44.8 Å². The molecule has 20 heavy (non-hydrogen) atoms. The smallest absolute Gasteiger partial charge is 0.148 e. The second kappa shape index (κ2) is 6.75. The molecule has 0 aromatic heterocycles. The van der Waals surface area contributed by atoms with Crippen molar-refractivity contribution in [2.75, 3.05) is 31.6 Å². The highest BCUT2D eigenvalue weighted by Crippen LogP contribution is 2.26. The first kappa shape index (κ1) is 17.9. The molecule has 0 aliphatic carbocycles. The van der Waals surface area contributed by atoms with Crippen molar-refractivity contribution in [2.45, 2.75) is 53.1 Å². The number of hydrogen-bond donors (Lipinski definition) is 1. The Morgan fingerprint density at radius 3 is 2.40 bits per heavy atom. The topological polar surface area (TPSA) is 49.4 Å². The predicted octanol–water partition coefficient (Wildman–Crippen LogP) is 1.77. The first-order valence-corrected chi connectivity index (χ1v) is 9.75. The number of nitrogens with zero attached hydrogens (tertiary/aromatic N) is 1. The van der Waals surface area contributed by atoms with Crippen LogP contribution in [-0.2, 0) is 9.84 Å². The quantitative estimate of drug-likeness (QED) is 0.841. The highest BCUT2D eigenvalue weighted by Gasteiger charge is 2.35. The van der Waals surface area contributed by atoms with Crippen molar-refractivity contribution in [2.24, 2.45) is 11.3 Å². The molecule has 1 fully saturated rings. The summed E-state index contributed by atoms with van der Waals surface area (Å²) in [5, 5.41) is 3.66. The van der Waals surface area contributed by atoms with Gasteiger partial charge in [0.2, 0.25) is 0 Å². The maximum Gasteiger partial charge on any atom is 0.148 e. The monoisotopic (exact) mass is 304 g/mol. The minimum atomic E-state index is -2.89. The Labute approximate surface area is 125 Å². The summed E-state index contributed by atoms with van der Waals surface area (Å²) in [6.07, 6.45) is 2.45. The summed E-state index contributed by atoms with van der Waals surface area (Å²) in [4.78, 5) is 2.39. The molecule has 1 heterocycles. The van der Waals surface area contributed by atoms with Crippen LogP contribution in [0, 0.1) is 11.3 Å². The van der Waals surface area contributed by atoms with Crippen molar-refractivity contribution >= 4 is 9.84 Å². The van der Waals surface area contributed by atoms with Crippen LogP contribution in [0.4, 0.5) is 0 Å². The lowest BCUT2D eigenvalue weighted by atomic mass is 9.83. The third-order valence-corrected chi connectivity index (χ3v) is 5.48. The highest BCUT2D eigenvalue weighted by molar-refractivity contribution is 7.90. The van der Waals surface area contributed by atoms with E-state index in [0.717, 1.165) is 19.5 Å².